The zero-order valence-corrected chi connectivity index (χ0v) is 14.4. The fourth-order valence-corrected chi connectivity index (χ4v) is 4.11. The first-order valence-electron chi connectivity index (χ1n) is 8.51. The van der Waals surface area contributed by atoms with Crippen LogP contribution in [-0.4, -0.2) is 44.6 Å². The molecule has 0 saturated carbocycles. The molecule has 2 heterocycles. The van der Waals surface area contributed by atoms with Gasteiger partial charge in [-0.25, -0.2) is 4.39 Å². The molecule has 1 fully saturated rings. The molecule has 0 spiro atoms. The molecule has 0 bridgehead atoms. The van der Waals surface area contributed by atoms with Crippen molar-refractivity contribution in [3.8, 4) is 16.9 Å². The molecule has 1 N–H and O–H groups in total. The number of likely N-dealkylation sites (tertiary alicyclic amines) is 1. The van der Waals surface area contributed by atoms with Crippen LogP contribution in [0.3, 0.4) is 0 Å². The average Bonchev–Trinajstić information content (AvgIpc) is 2.94. The van der Waals surface area contributed by atoms with Crippen molar-refractivity contribution in [2.45, 2.75) is 5.92 Å². The van der Waals surface area contributed by atoms with E-state index >= 15 is 0 Å². The molecule has 2 atom stereocenters. The molecule has 0 radical (unpaired) electrons. The number of carbonyl (C=O) groups excluding carboxylic acids is 1. The Kier molecular flexibility index (Phi) is 3.96. The van der Waals surface area contributed by atoms with E-state index in [4.69, 9.17) is 4.74 Å². The van der Waals surface area contributed by atoms with Crippen LogP contribution in [0.1, 0.15) is 21.8 Å². The second-order valence-corrected chi connectivity index (χ2v) is 6.94. The number of halogens is 1. The van der Waals surface area contributed by atoms with Gasteiger partial charge < -0.3 is 15.0 Å². The number of nitrogens with one attached hydrogen (secondary N) is 1. The van der Waals surface area contributed by atoms with Gasteiger partial charge in [0.15, 0.2) is 0 Å². The van der Waals surface area contributed by atoms with Crippen LogP contribution in [0.15, 0.2) is 36.4 Å². The molecule has 2 aromatic carbocycles. The molecule has 25 heavy (non-hydrogen) atoms. The number of ether oxygens (including phenoxy) is 1. The first kappa shape index (κ1) is 16.1. The molecule has 2 aliphatic heterocycles. The normalized spacial score (nSPS) is 22.8. The molecule has 0 unspecified atom stereocenters. The summed E-state index contributed by atoms with van der Waals surface area (Å²) in [6, 6.07) is 10.4. The second-order valence-electron chi connectivity index (χ2n) is 6.94. The lowest BCUT2D eigenvalue weighted by atomic mass is 9.86. The van der Waals surface area contributed by atoms with Gasteiger partial charge in [0.1, 0.15) is 11.6 Å². The highest BCUT2D eigenvalue weighted by atomic mass is 19.1. The number of likely N-dealkylation sites (N-methyl/N-ethyl adjacent to an activating group) is 1. The zero-order chi connectivity index (χ0) is 17.6. The Balaban J connectivity index is 1.81. The number of hydrogen-bond donors (Lipinski definition) is 1. The summed E-state index contributed by atoms with van der Waals surface area (Å²) in [6.45, 7) is 2.67. The molecular weight excluding hydrogens is 319 g/mol. The molecule has 2 aromatic rings. The Hall–Kier alpha value is -2.40. The molecule has 2 aliphatic rings. The molecule has 4 nitrogen and oxygen atoms in total. The Morgan fingerprint density at radius 1 is 1.16 bits per heavy atom. The summed E-state index contributed by atoms with van der Waals surface area (Å²) >= 11 is 0. The highest BCUT2D eigenvalue weighted by Gasteiger charge is 2.36. The van der Waals surface area contributed by atoms with Crippen molar-refractivity contribution in [1.82, 2.24) is 10.2 Å². The summed E-state index contributed by atoms with van der Waals surface area (Å²) in [5.74, 6) is 0.900. The topological polar surface area (TPSA) is 41.6 Å². The summed E-state index contributed by atoms with van der Waals surface area (Å²) in [6.07, 6.45) is 0. The Morgan fingerprint density at radius 3 is 2.80 bits per heavy atom. The second kappa shape index (κ2) is 6.15. The molecule has 1 amide bonds. The van der Waals surface area contributed by atoms with E-state index in [2.05, 4.69) is 23.3 Å². The molecule has 5 heteroatoms. The Labute approximate surface area is 146 Å². The van der Waals surface area contributed by atoms with Gasteiger partial charge in [-0.3, -0.25) is 4.79 Å². The number of carbonyl (C=O) groups is 1. The highest BCUT2D eigenvalue weighted by molar-refractivity contribution is 5.98. The maximum Gasteiger partial charge on any atom is 0.251 e. The fraction of sp³-hybridized carbons (Fsp3) is 0.350. The van der Waals surface area contributed by atoms with Crippen molar-refractivity contribution in [1.29, 1.82) is 0 Å². The molecule has 0 aromatic heterocycles. The largest absolute Gasteiger partial charge is 0.496 e. The SMILES string of the molecule is COc1cc(F)ccc1-c1ccc2c(c1)C(=O)NC[C@H]1CN(C)C[C@H]21. The van der Waals surface area contributed by atoms with Crippen molar-refractivity contribution in [2.24, 2.45) is 5.92 Å². The lowest BCUT2D eigenvalue weighted by Gasteiger charge is -2.17. The van der Waals surface area contributed by atoms with Gasteiger partial charge in [0.05, 0.1) is 7.11 Å². The van der Waals surface area contributed by atoms with Gasteiger partial charge in [0.25, 0.3) is 5.91 Å². The van der Waals surface area contributed by atoms with Crippen LogP contribution >= 0.6 is 0 Å². The van der Waals surface area contributed by atoms with E-state index in [0.717, 1.165) is 29.8 Å². The number of rotatable bonds is 2. The van der Waals surface area contributed by atoms with Crippen LogP contribution in [0.5, 0.6) is 5.75 Å². The van der Waals surface area contributed by atoms with E-state index < -0.39 is 0 Å². The number of hydrogen-bond acceptors (Lipinski definition) is 3. The van der Waals surface area contributed by atoms with E-state index in [9.17, 15) is 9.18 Å². The Bertz CT molecular complexity index is 836. The van der Waals surface area contributed by atoms with Gasteiger partial charge in [-0.05, 0) is 42.3 Å². The third-order valence-corrected chi connectivity index (χ3v) is 5.32. The standard InChI is InChI=1S/C20H21FN2O2/c1-23-10-13-9-22-20(24)17-7-12(3-5-16(17)18(13)11-23)15-6-4-14(21)8-19(15)25-2/h3-8,13,18H,9-11H2,1-2H3,(H,22,24)/t13-,18-/m0/s1. The van der Waals surface area contributed by atoms with Gasteiger partial charge in [-0.2, -0.15) is 0 Å². The number of fused-ring (bicyclic) bond motifs is 3. The summed E-state index contributed by atoms with van der Waals surface area (Å²) in [7, 11) is 3.64. The maximum absolute atomic E-state index is 13.5. The smallest absolute Gasteiger partial charge is 0.251 e. The average molecular weight is 340 g/mol. The number of benzene rings is 2. The van der Waals surface area contributed by atoms with Crippen molar-refractivity contribution in [3.63, 3.8) is 0 Å². The third kappa shape index (κ3) is 2.78. The molecule has 1 saturated heterocycles. The first-order chi connectivity index (χ1) is 12.1. The van der Waals surface area contributed by atoms with Crippen LogP contribution in [0, 0.1) is 11.7 Å². The molecule has 130 valence electrons. The Morgan fingerprint density at radius 2 is 2.00 bits per heavy atom. The molecule has 4 rings (SSSR count). The van der Waals surface area contributed by atoms with Crippen molar-refractivity contribution in [3.05, 3.63) is 53.3 Å². The zero-order valence-electron chi connectivity index (χ0n) is 14.4. The van der Waals surface area contributed by atoms with Crippen LogP contribution in [0.25, 0.3) is 11.1 Å². The number of amides is 1. The minimum absolute atomic E-state index is 0.0324. The monoisotopic (exact) mass is 340 g/mol. The van der Waals surface area contributed by atoms with Gasteiger partial charge in [0.2, 0.25) is 0 Å². The van der Waals surface area contributed by atoms with Crippen molar-refractivity contribution in [2.75, 3.05) is 33.8 Å². The van der Waals surface area contributed by atoms with Crippen LogP contribution in [0.4, 0.5) is 4.39 Å². The summed E-state index contributed by atoms with van der Waals surface area (Å²) in [4.78, 5) is 14.9. The number of methoxy groups -OCH3 is 1. The van der Waals surface area contributed by atoms with E-state index in [1.54, 1.807) is 6.07 Å². The number of nitrogens with zero attached hydrogens (tertiary/aromatic N) is 1. The minimum atomic E-state index is -0.343. The molecule has 0 aliphatic carbocycles. The maximum atomic E-state index is 13.5. The van der Waals surface area contributed by atoms with E-state index in [1.165, 1.54) is 19.2 Å². The predicted octanol–water partition coefficient (Wildman–Crippen LogP) is 2.89. The molecular formula is C20H21FN2O2. The van der Waals surface area contributed by atoms with Gasteiger partial charge in [-0.15, -0.1) is 0 Å². The summed E-state index contributed by atoms with van der Waals surface area (Å²) in [5.41, 5.74) is 3.46. The van der Waals surface area contributed by atoms with E-state index in [0.29, 0.717) is 29.7 Å². The quantitative estimate of drug-likeness (QED) is 0.914. The fourth-order valence-electron chi connectivity index (χ4n) is 4.11. The van der Waals surface area contributed by atoms with Gasteiger partial charge >= 0.3 is 0 Å². The van der Waals surface area contributed by atoms with Crippen LogP contribution in [-0.2, 0) is 0 Å². The highest BCUT2D eigenvalue weighted by Crippen LogP contribution is 2.38. The van der Waals surface area contributed by atoms with Crippen molar-refractivity contribution >= 4 is 5.91 Å². The van der Waals surface area contributed by atoms with Crippen molar-refractivity contribution < 1.29 is 13.9 Å². The predicted molar refractivity (Wildman–Crippen MR) is 94.4 cm³/mol. The summed E-state index contributed by atoms with van der Waals surface area (Å²) in [5, 5.41) is 3.05. The lowest BCUT2D eigenvalue weighted by molar-refractivity contribution is 0.0951. The van der Waals surface area contributed by atoms with Crippen LogP contribution in [0.2, 0.25) is 0 Å². The van der Waals surface area contributed by atoms with Gasteiger partial charge in [0, 0.05) is 42.7 Å². The lowest BCUT2D eigenvalue weighted by Crippen LogP contribution is -2.29. The van der Waals surface area contributed by atoms with E-state index in [-0.39, 0.29) is 11.7 Å². The minimum Gasteiger partial charge on any atom is -0.496 e. The third-order valence-electron chi connectivity index (χ3n) is 5.32. The van der Waals surface area contributed by atoms with Crippen LogP contribution < -0.4 is 10.1 Å². The first-order valence-corrected chi connectivity index (χ1v) is 8.51. The summed E-state index contributed by atoms with van der Waals surface area (Å²) < 4.78 is 18.8. The van der Waals surface area contributed by atoms with E-state index in [1.807, 2.05) is 12.1 Å². The van der Waals surface area contributed by atoms with Gasteiger partial charge in [-0.1, -0.05) is 12.1 Å².